The number of halogens is 3. The maximum Gasteiger partial charge on any atom is 0.490 e. The number of carbonyl (C=O) groups excluding carboxylic acids is 4. The molecule has 1 N–H and O–H groups in total. The van der Waals surface area contributed by atoms with Gasteiger partial charge in [0.2, 0.25) is 0 Å². The van der Waals surface area contributed by atoms with Crippen LogP contribution in [0.1, 0.15) is 123 Å². The number of rotatable bonds is 10. The smallest absolute Gasteiger partial charge is 0.490 e. The van der Waals surface area contributed by atoms with Crippen LogP contribution >= 0.6 is 0 Å². The summed E-state index contributed by atoms with van der Waals surface area (Å²) < 4.78 is 76.3. The molecule has 12 nitrogen and oxygen atoms in total. The number of methoxy groups -OCH3 is 2. The first-order valence-corrected chi connectivity index (χ1v) is 22.7. The van der Waals surface area contributed by atoms with Crippen molar-refractivity contribution < 1.29 is 65.9 Å². The highest BCUT2D eigenvalue weighted by Crippen LogP contribution is 2.69. The predicted octanol–water partition coefficient (Wildman–Crippen LogP) is 9.29. The zero-order valence-electron chi connectivity index (χ0n) is 38.1. The lowest BCUT2D eigenvalue weighted by atomic mass is 9.43. The van der Waals surface area contributed by atoms with Gasteiger partial charge in [-0.1, -0.05) is 63.2 Å². The summed E-state index contributed by atoms with van der Waals surface area (Å²) >= 11 is 0. The second-order valence-electron chi connectivity index (χ2n) is 20.3. The van der Waals surface area contributed by atoms with E-state index in [1.54, 1.807) is 52.1 Å². The summed E-state index contributed by atoms with van der Waals surface area (Å²) in [6, 6.07) is 15.2. The Kier molecular flexibility index (Phi) is 13.5. The summed E-state index contributed by atoms with van der Waals surface area (Å²) in [5.74, 6) is -3.83. The van der Waals surface area contributed by atoms with Crippen LogP contribution in [-0.2, 0) is 38.1 Å². The van der Waals surface area contributed by atoms with E-state index in [2.05, 4.69) is 6.92 Å². The summed E-state index contributed by atoms with van der Waals surface area (Å²) in [4.78, 5) is 54.9. The molecule has 7 rings (SSSR count). The molecule has 0 spiro atoms. The van der Waals surface area contributed by atoms with Crippen LogP contribution in [0.25, 0.3) is 0 Å². The Hall–Kier alpha value is -4.37. The van der Waals surface area contributed by atoms with Gasteiger partial charge in [-0.05, 0) is 131 Å². The largest absolute Gasteiger partial charge is 0.497 e. The molecule has 1 aliphatic heterocycles. The van der Waals surface area contributed by atoms with Crippen LogP contribution in [-0.4, -0.2) is 84.4 Å². The van der Waals surface area contributed by atoms with Crippen molar-refractivity contribution in [1.82, 2.24) is 4.90 Å². The quantitative estimate of drug-likeness (QED) is 0.180. The van der Waals surface area contributed by atoms with Crippen molar-refractivity contribution in [3.05, 3.63) is 65.7 Å². The summed E-state index contributed by atoms with van der Waals surface area (Å²) in [7, 11) is 2.86. The lowest BCUT2D eigenvalue weighted by molar-refractivity contribution is -0.240. The SMILES string of the molecule is COC(=O)CC[C@@H](C)[C@H]1CC[C@H]2[C@@H]3[C@H](O)C[C@@H]4C[C@H](OC(=O)[C@H]5O[C@@H](c6ccc(OC)cc6)N(C(=O)OC(C)(C)C)[C@@H]5c5ccccc5)CC[C@]4(C)[C@H]3C[C@H](OC(=O)C(F)(F)F)[C@]12C. The number of amides is 1. The highest BCUT2D eigenvalue weighted by Gasteiger charge is 2.68. The van der Waals surface area contributed by atoms with Crippen LogP contribution in [0.4, 0.5) is 18.0 Å². The number of alkyl halides is 3. The van der Waals surface area contributed by atoms with Gasteiger partial charge in [-0.15, -0.1) is 0 Å². The third-order valence-corrected chi connectivity index (χ3v) is 15.8. The Morgan fingerprint density at radius 2 is 1.58 bits per heavy atom. The minimum Gasteiger partial charge on any atom is -0.497 e. The molecule has 1 saturated heterocycles. The van der Waals surface area contributed by atoms with Crippen LogP contribution in [0.3, 0.4) is 0 Å². The maximum absolute atomic E-state index is 14.6. The number of fused-ring (bicyclic) bond motifs is 5. The third kappa shape index (κ3) is 9.08. The summed E-state index contributed by atoms with van der Waals surface area (Å²) in [5.41, 5.74) is -0.979. The van der Waals surface area contributed by atoms with E-state index >= 15 is 0 Å². The number of benzene rings is 2. The van der Waals surface area contributed by atoms with E-state index in [4.69, 9.17) is 28.4 Å². The minimum atomic E-state index is -5.19. The second kappa shape index (κ2) is 18.1. The Balaban J connectivity index is 1.14. The topological polar surface area (TPSA) is 147 Å². The molecule has 4 saturated carbocycles. The Morgan fingerprint density at radius 1 is 0.891 bits per heavy atom. The van der Waals surface area contributed by atoms with E-state index in [9.17, 15) is 37.5 Å². The molecule has 352 valence electrons. The highest BCUT2D eigenvalue weighted by molar-refractivity contribution is 5.79. The highest BCUT2D eigenvalue weighted by atomic mass is 19.4. The van der Waals surface area contributed by atoms with Crippen LogP contribution in [0.15, 0.2) is 54.6 Å². The summed E-state index contributed by atoms with van der Waals surface area (Å²) in [6.45, 7) is 11.3. The van der Waals surface area contributed by atoms with Gasteiger partial charge in [0.25, 0.3) is 0 Å². The van der Waals surface area contributed by atoms with E-state index in [1.807, 2.05) is 44.2 Å². The zero-order valence-corrected chi connectivity index (χ0v) is 38.1. The van der Waals surface area contributed by atoms with E-state index < -0.39 is 77.3 Å². The third-order valence-electron chi connectivity index (χ3n) is 15.8. The zero-order chi connectivity index (χ0) is 46.5. The van der Waals surface area contributed by atoms with Gasteiger partial charge in [0.15, 0.2) is 12.3 Å². The molecule has 0 unspecified atom stereocenters. The van der Waals surface area contributed by atoms with Crippen molar-refractivity contribution in [3.63, 3.8) is 0 Å². The molecule has 5 aliphatic rings. The molecule has 64 heavy (non-hydrogen) atoms. The van der Waals surface area contributed by atoms with Gasteiger partial charge in [0, 0.05) is 17.4 Å². The average Bonchev–Trinajstić information content (AvgIpc) is 3.82. The first-order chi connectivity index (χ1) is 30.1. The number of hydrogen-bond acceptors (Lipinski definition) is 11. The monoisotopic (exact) mass is 899 g/mol. The lowest BCUT2D eigenvalue weighted by Gasteiger charge is -2.64. The van der Waals surface area contributed by atoms with Crippen molar-refractivity contribution in [3.8, 4) is 5.75 Å². The van der Waals surface area contributed by atoms with Gasteiger partial charge >= 0.3 is 30.2 Å². The van der Waals surface area contributed by atoms with Crippen molar-refractivity contribution in [2.75, 3.05) is 14.2 Å². The Bertz CT molecular complexity index is 2010. The molecule has 0 aromatic heterocycles. The fourth-order valence-electron chi connectivity index (χ4n) is 12.7. The van der Waals surface area contributed by atoms with Gasteiger partial charge in [-0.25, -0.2) is 14.4 Å². The summed E-state index contributed by atoms with van der Waals surface area (Å²) in [5, 5.41) is 12.1. The fraction of sp³-hybridized carbons (Fsp3) is 0.673. The van der Waals surface area contributed by atoms with Crippen molar-refractivity contribution in [2.45, 2.75) is 148 Å². The molecule has 0 bridgehead atoms. The van der Waals surface area contributed by atoms with Crippen molar-refractivity contribution >= 4 is 24.0 Å². The molecule has 1 heterocycles. The van der Waals surface area contributed by atoms with Crippen molar-refractivity contribution in [2.24, 2.45) is 46.3 Å². The molecule has 15 heteroatoms. The Labute approximate surface area is 373 Å². The molecule has 1 amide bonds. The first-order valence-electron chi connectivity index (χ1n) is 22.7. The molecule has 2 aromatic rings. The van der Waals surface area contributed by atoms with Crippen LogP contribution in [0, 0.1) is 46.3 Å². The normalized spacial score (nSPS) is 35.2. The fourth-order valence-corrected chi connectivity index (χ4v) is 12.7. The standard InChI is InChI=1S/C49H64F3NO11/c1-27(14-21-38(55)60-8)33-19-20-34-39-35(26-37(48(33,34)6)62-44(57)49(50,51)52)47(5)23-22-32(24-30(47)25-36(39)54)61-43(56)41-40(28-12-10-9-11-13-28)53(45(58)64-46(2,3)4)42(63-41)29-15-17-31(59-7)18-16-29/h9-13,15-18,27,30,32-37,39-42,54H,14,19-26H2,1-8H3/t27-,30+,32-,33-,34+,35+,36-,37+,39+,40-,41+,42+,47+,48-/m1/s1. The molecule has 14 atom stereocenters. The average molecular weight is 900 g/mol. The number of ether oxygens (including phenoxy) is 6. The van der Waals surface area contributed by atoms with Gasteiger partial charge < -0.3 is 33.5 Å². The maximum atomic E-state index is 14.6. The van der Waals surface area contributed by atoms with E-state index in [-0.39, 0.29) is 54.3 Å². The van der Waals surface area contributed by atoms with Crippen LogP contribution < -0.4 is 4.74 Å². The molecule has 2 aromatic carbocycles. The predicted molar refractivity (Wildman–Crippen MR) is 226 cm³/mol. The lowest BCUT2D eigenvalue weighted by Crippen LogP contribution is -2.63. The number of hydrogen-bond donors (Lipinski definition) is 1. The molecule has 5 fully saturated rings. The van der Waals surface area contributed by atoms with Crippen LogP contribution in [0.5, 0.6) is 5.75 Å². The van der Waals surface area contributed by atoms with Crippen molar-refractivity contribution in [1.29, 1.82) is 0 Å². The summed E-state index contributed by atoms with van der Waals surface area (Å²) in [6.07, 6.45) is -6.69. The van der Waals surface area contributed by atoms with E-state index in [0.717, 1.165) is 0 Å². The molecule has 4 aliphatic carbocycles. The van der Waals surface area contributed by atoms with Gasteiger partial charge in [-0.3, -0.25) is 9.69 Å². The van der Waals surface area contributed by atoms with Crippen LogP contribution in [0.2, 0.25) is 0 Å². The van der Waals surface area contributed by atoms with Gasteiger partial charge in [0.05, 0.1) is 20.3 Å². The number of aliphatic hydroxyl groups is 1. The number of carbonyl (C=O) groups is 4. The minimum absolute atomic E-state index is 0.0834. The first kappa shape index (κ1) is 47.6. The number of nitrogens with zero attached hydrogens (tertiary/aromatic N) is 1. The molecular weight excluding hydrogens is 836 g/mol. The van der Waals surface area contributed by atoms with E-state index in [0.29, 0.717) is 61.8 Å². The van der Waals surface area contributed by atoms with Gasteiger partial charge in [0.1, 0.15) is 29.6 Å². The number of aliphatic hydroxyl groups excluding tert-OH is 1. The van der Waals surface area contributed by atoms with E-state index in [1.165, 1.54) is 12.0 Å². The number of esters is 3. The second-order valence-corrected chi connectivity index (χ2v) is 20.3. The Morgan fingerprint density at radius 3 is 2.20 bits per heavy atom. The molecular formula is C49H64F3NO11. The van der Waals surface area contributed by atoms with Gasteiger partial charge in [-0.2, -0.15) is 13.2 Å². The molecule has 0 radical (unpaired) electrons.